The minimum absolute atomic E-state index is 0.435. The zero-order chi connectivity index (χ0) is 9.26. The normalized spacial score (nSPS) is 10.2. The summed E-state index contributed by atoms with van der Waals surface area (Å²) < 4.78 is 4.82. The molecule has 0 saturated carbocycles. The molecule has 13 heavy (non-hydrogen) atoms. The number of aromatic amines is 1. The summed E-state index contributed by atoms with van der Waals surface area (Å²) in [5.41, 5.74) is 1.92. The lowest BCUT2D eigenvalue weighted by atomic mass is 10.2. The van der Waals surface area contributed by atoms with Gasteiger partial charge in [-0.3, -0.25) is 4.79 Å². The number of H-pyrrole nitrogens is 1. The summed E-state index contributed by atoms with van der Waals surface area (Å²) >= 11 is 0. The van der Waals surface area contributed by atoms with E-state index < -0.39 is 0 Å². The summed E-state index contributed by atoms with van der Waals surface area (Å²) in [5, 5.41) is 1.05. The number of hydrogen-bond donors (Lipinski definition) is 1. The zero-order valence-corrected chi connectivity index (χ0v) is 7.20. The Kier molecular flexibility index (Phi) is 1.77. The van der Waals surface area contributed by atoms with Crippen LogP contribution < -0.4 is 4.74 Å². The van der Waals surface area contributed by atoms with E-state index in [0.717, 1.165) is 16.6 Å². The highest BCUT2D eigenvalue weighted by atomic mass is 16.5. The van der Waals surface area contributed by atoms with Crippen molar-refractivity contribution in [3.63, 3.8) is 0 Å². The van der Waals surface area contributed by atoms with Crippen LogP contribution in [-0.2, 0) is 4.79 Å². The molecule has 2 aromatic rings. The van der Waals surface area contributed by atoms with Gasteiger partial charge in [-0.25, -0.2) is 0 Å². The molecule has 0 radical (unpaired) electrons. The third-order valence-corrected chi connectivity index (χ3v) is 1.93. The number of hydrogen-bond acceptors (Lipinski definition) is 2. The number of carbonyl (C=O) groups excluding carboxylic acids is 1. The number of carbonyl (C=O) groups is 1. The molecular weight excluding hydrogens is 166 g/mol. The fourth-order valence-electron chi connectivity index (χ4n) is 1.42. The van der Waals surface area contributed by atoms with Gasteiger partial charge in [-0.2, -0.15) is 0 Å². The molecule has 66 valence electrons. The van der Waals surface area contributed by atoms with Crippen LogP contribution in [0.25, 0.3) is 10.9 Å². The maximum atomic E-state index is 10.2. The van der Waals surface area contributed by atoms with Crippen LogP contribution in [0.5, 0.6) is 5.75 Å². The van der Waals surface area contributed by atoms with Gasteiger partial charge >= 0.3 is 0 Å². The van der Waals surface area contributed by atoms with Gasteiger partial charge in [0.2, 0.25) is 0 Å². The first-order chi connectivity index (χ1) is 6.31. The molecule has 1 aromatic carbocycles. The fourth-order valence-corrected chi connectivity index (χ4v) is 1.42. The van der Waals surface area contributed by atoms with Gasteiger partial charge in [0.1, 0.15) is 0 Å². The Labute approximate surface area is 75.3 Å². The Balaban J connectivity index is 2.67. The van der Waals surface area contributed by atoms with Crippen molar-refractivity contribution in [1.82, 2.24) is 4.98 Å². The maximum Gasteiger partial charge on any atom is 0.298 e. The molecule has 0 bridgehead atoms. The number of fused-ring (bicyclic) bond motifs is 1. The second-order valence-electron chi connectivity index (χ2n) is 2.89. The fraction of sp³-hybridized carbons (Fsp3) is 0.100. The van der Waals surface area contributed by atoms with E-state index in [9.17, 15) is 4.79 Å². The van der Waals surface area contributed by atoms with Gasteiger partial charge in [0, 0.05) is 11.1 Å². The van der Waals surface area contributed by atoms with Crippen molar-refractivity contribution in [2.24, 2.45) is 0 Å². The average molecular weight is 175 g/mol. The Morgan fingerprint density at radius 1 is 1.46 bits per heavy atom. The molecule has 0 aliphatic heterocycles. The van der Waals surface area contributed by atoms with Crippen LogP contribution in [0.3, 0.4) is 0 Å². The molecule has 2 rings (SSSR count). The summed E-state index contributed by atoms with van der Waals surface area (Å²) in [6, 6.07) is 7.59. The van der Waals surface area contributed by atoms with Crippen LogP contribution in [-0.4, -0.2) is 11.5 Å². The first-order valence-corrected chi connectivity index (χ1v) is 4.00. The van der Waals surface area contributed by atoms with Crippen molar-refractivity contribution in [2.45, 2.75) is 6.92 Å². The van der Waals surface area contributed by atoms with Gasteiger partial charge in [-0.15, -0.1) is 0 Å². The summed E-state index contributed by atoms with van der Waals surface area (Å²) in [6.07, 6.45) is 0. The number of rotatable bonds is 2. The Morgan fingerprint density at radius 2 is 2.31 bits per heavy atom. The highest BCUT2D eigenvalue weighted by molar-refractivity contribution is 5.86. The predicted molar refractivity (Wildman–Crippen MR) is 49.7 cm³/mol. The van der Waals surface area contributed by atoms with E-state index >= 15 is 0 Å². The van der Waals surface area contributed by atoms with Crippen molar-refractivity contribution in [1.29, 1.82) is 0 Å². The molecule has 0 fully saturated rings. The summed E-state index contributed by atoms with van der Waals surface area (Å²) in [6.45, 7) is 2.40. The molecule has 1 N–H and O–H groups in total. The number of aryl methyl sites for hydroxylation is 1. The van der Waals surface area contributed by atoms with Gasteiger partial charge in [-0.05, 0) is 19.1 Å². The van der Waals surface area contributed by atoms with Crippen LogP contribution in [0.1, 0.15) is 5.69 Å². The van der Waals surface area contributed by atoms with Crippen molar-refractivity contribution in [2.75, 3.05) is 0 Å². The summed E-state index contributed by atoms with van der Waals surface area (Å²) in [4.78, 5) is 13.3. The van der Waals surface area contributed by atoms with Gasteiger partial charge in [0.15, 0.2) is 5.75 Å². The van der Waals surface area contributed by atoms with Crippen molar-refractivity contribution in [3.05, 3.63) is 30.0 Å². The zero-order valence-electron chi connectivity index (χ0n) is 7.20. The number of nitrogens with one attached hydrogen (secondary N) is 1. The SMILES string of the molecule is Cc1cc2cccc(OC=O)c2[nH]1. The number of benzene rings is 1. The first kappa shape index (κ1) is 7.86. The van der Waals surface area contributed by atoms with Gasteiger partial charge in [0.05, 0.1) is 5.52 Å². The first-order valence-electron chi connectivity index (χ1n) is 4.00. The molecule has 0 unspecified atom stereocenters. The highest BCUT2D eigenvalue weighted by Gasteiger charge is 2.03. The summed E-state index contributed by atoms with van der Waals surface area (Å²) in [7, 11) is 0. The van der Waals surface area contributed by atoms with E-state index in [0.29, 0.717) is 12.2 Å². The second kappa shape index (κ2) is 2.94. The van der Waals surface area contributed by atoms with Gasteiger partial charge in [0.25, 0.3) is 6.47 Å². The predicted octanol–water partition coefficient (Wildman–Crippen LogP) is 2.01. The lowest BCUT2D eigenvalue weighted by Crippen LogP contribution is -1.88. The molecule has 0 saturated heterocycles. The quantitative estimate of drug-likeness (QED) is 0.709. The van der Waals surface area contributed by atoms with Crippen LogP contribution in [0, 0.1) is 6.92 Å². The minimum Gasteiger partial charge on any atom is -0.427 e. The molecule has 1 aromatic heterocycles. The molecule has 0 aliphatic carbocycles. The van der Waals surface area contributed by atoms with Crippen LogP contribution in [0.2, 0.25) is 0 Å². The van der Waals surface area contributed by atoms with Crippen LogP contribution in [0.15, 0.2) is 24.3 Å². The Hall–Kier alpha value is -1.77. The van der Waals surface area contributed by atoms with Crippen LogP contribution >= 0.6 is 0 Å². The molecule has 0 amide bonds. The van der Waals surface area contributed by atoms with Gasteiger partial charge < -0.3 is 9.72 Å². The van der Waals surface area contributed by atoms with Crippen molar-refractivity contribution < 1.29 is 9.53 Å². The number of para-hydroxylation sites is 1. The number of ether oxygens (including phenoxy) is 1. The molecule has 0 aliphatic rings. The van der Waals surface area contributed by atoms with Crippen molar-refractivity contribution >= 4 is 17.4 Å². The lowest BCUT2D eigenvalue weighted by molar-refractivity contribution is -0.120. The maximum absolute atomic E-state index is 10.2. The average Bonchev–Trinajstić information content (AvgIpc) is 2.47. The van der Waals surface area contributed by atoms with E-state index in [2.05, 4.69) is 4.98 Å². The standard InChI is InChI=1S/C10H9NO2/c1-7-5-8-3-2-4-9(13-6-12)10(8)11-7/h2-6,11H,1H3. The molecule has 3 heteroatoms. The molecule has 1 heterocycles. The van der Waals surface area contributed by atoms with E-state index in [-0.39, 0.29) is 0 Å². The smallest absolute Gasteiger partial charge is 0.298 e. The number of aromatic nitrogens is 1. The Bertz CT molecular complexity index is 445. The van der Waals surface area contributed by atoms with E-state index in [4.69, 9.17) is 4.74 Å². The minimum atomic E-state index is 0.435. The van der Waals surface area contributed by atoms with E-state index in [1.807, 2.05) is 25.1 Å². The molecular formula is C10H9NO2. The summed E-state index contributed by atoms with van der Waals surface area (Å²) in [5.74, 6) is 0.570. The molecule has 0 atom stereocenters. The molecule has 0 spiro atoms. The van der Waals surface area contributed by atoms with Crippen LogP contribution in [0.4, 0.5) is 0 Å². The topological polar surface area (TPSA) is 42.1 Å². The second-order valence-corrected chi connectivity index (χ2v) is 2.89. The van der Waals surface area contributed by atoms with E-state index in [1.165, 1.54) is 0 Å². The Morgan fingerprint density at radius 3 is 3.08 bits per heavy atom. The third-order valence-electron chi connectivity index (χ3n) is 1.93. The highest BCUT2D eigenvalue weighted by Crippen LogP contribution is 2.24. The third kappa shape index (κ3) is 1.28. The lowest BCUT2D eigenvalue weighted by Gasteiger charge is -1.98. The van der Waals surface area contributed by atoms with Crippen molar-refractivity contribution in [3.8, 4) is 5.75 Å². The largest absolute Gasteiger partial charge is 0.427 e. The van der Waals surface area contributed by atoms with Gasteiger partial charge in [-0.1, -0.05) is 12.1 Å². The monoisotopic (exact) mass is 175 g/mol. The molecule has 3 nitrogen and oxygen atoms in total. The van der Waals surface area contributed by atoms with E-state index in [1.54, 1.807) is 6.07 Å².